The van der Waals surface area contributed by atoms with Crippen LogP contribution in [0.1, 0.15) is 70.2 Å². The molecule has 3 aromatic carbocycles. The predicted octanol–water partition coefficient (Wildman–Crippen LogP) is 7.48. The van der Waals surface area contributed by atoms with Crippen LogP contribution in [0.15, 0.2) is 60.7 Å². The van der Waals surface area contributed by atoms with Gasteiger partial charge in [-0.1, -0.05) is 69.0 Å². The highest BCUT2D eigenvalue weighted by atomic mass is 19.1. The molecule has 1 amide bonds. The molecule has 0 saturated heterocycles. The molecule has 1 aliphatic carbocycles. The van der Waals surface area contributed by atoms with Gasteiger partial charge in [-0.15, -0.1) is 0 Å². The van der Waals surface area contributed by atoms with Crippen molar-refractivity contribution in [3.8, 4) is 11.1 Å². The highest BCUT2D eigenvalue weighted by Crippen LogP contribution is 2.37. The quantitative estimate of drug-likeness (QED) is 0.308. The lowest BCUT2D eigenvalue weighted by molar-refractivity contribution is -0.115. The number of rotatable bonds is 9. The fourth-order valence-corrected chi connectivity index (χ4v) is 5.03. The Labute approximate surface area is 227 Å². The van der Waals surface area contributed by atoms with E-state index in [4.69, 9.17) is 2.74 Å². The van der Waals surface area contributed by atoms with Crippen molar-refractivity contribution >= 4 is 23.3 Å². The molecule has 5 nitrogen and oxygen atoms in total. The predicted molar refractivity (Wildman–Crippen MR) is 151 cm³/mol. The van der Waals surface area contributed by atoms with E-state index in [1.807, 2.05) is 45.0 Å². The van der Waals surface area contributed by atoms with E-state index >= 15 is 0 Å². The number of hydrogen-bond donors (Lipinski definition) is 2. The summed E-state index contributed by atoms with van der Waals surface area (Å²) in [6, 6.07) is 16.1. The molecule has 1 fully saturated rings. The van der Waals surface area contributed by atoms with Gasteiger partial charge in [0.05, 0.1) is 23.4 Å². The largest absolute Gasteiger partial charge is 0.478 e. The Balaban J connectivity index is 1.83. The number of carboxylic acid groups (broad SMARTS) is 1. The van der Waals surface area contributed by atoms with Gasteiger partial charge in [0.2, 0.25) is 5.91 Å². The first-order valence-corrected chi connectivity index (χ1v) is 13.3. The van der Waals surface area contributed by atoms with Crippen molar-refractivity contribution in [1.29, 1.82) is 0 Å². The lowest BCUT2D eigenvalue weighted by Crippen LogP contribution is -2.40. The molecule has 3 aromatic rings. The molecule has 38 heavy (non-hydrogen) atoms. The number of aromatic carboxylic acids is 1. The third kappa shape index (κ3) is 6.80. The van der Waals surface area contributed by atoms with Crippen LogP contribution in [0.4, 0.5) is 15.8 Å². The summed E-state index contributed by atoms with van der Waals surface area (Å²) in [5, 5.41) is 12.7. The number of carbonyl (C=O) groups is 2. The van der Waals surface area contributed by atoms with Gasteiger partial charge in [-0.2, -0.15) is 0 Å². The summed E-state index contributed by atoms with van der Waals surface area (Å²) in [7, 11) is 0. The normalized spacial score (nSPS) is 15.1. The SMILES string of the molecule is [2H]C([2H])(C(C)C)N(c1ccc(-c2cc(F)ccc2C(=O)O)cc1NC(=O)Cc1ccc(C)cc1)C1CCCCC1. The monoisotopic (exact) mass is 518 g/mol. The molecule has 0 unspecified atom stereocenters. The minimum Gasteiger partial charge on any atom is -0.478 e. The zero-order valence-corrected chi connectivity index (χ0v) is 22.3. The maximum atomic E-state index is 14.3. The van der Waals surface area contributed by atoms with Crippen LogP contribution in [-0.2, 0) is 11.2 Å². The molecule has 6 heteroatoms. The van der Waals surface area contributed by atoms with E-state index in [2.05, 4.69) is 5.32 Å². The second-order valence-electron chi connectivity index (χ2n) is 10.4. The summed E-state index contributed by atoms with van der Waals surface area (Å²) in [6.07, 6.45) is 4.87. The number of carbonyl (C=O) groups excluding carboxylic acids is 1. The van der Waals surface area contributed by atoms with E-state index < -0.39 is 18.3 Å². The van der Waals surface area contributed by atoms with Crippen molar-refractivity contribution in [2.24, 2.45) is 5.92 Å². The fourth-order valence-electron chi connectivity index (χ4n) is 5.03. The van der Waals surface area contributed by atoms with Crippen molar-refractivity contribution in [2.45, 2.75) is 65.3 Å². The van der Waals surface area contributed by atoms with Crippen LogP contribution in [0.2, 0.25) is 0 Å². The standard InChI is InChI=1S/C32H37FN2O3/c1-21(2)20-35(26-7-5-4-6-8-26)30-16-13-24(28-19-25(33)14-15-27(28)32(37)38)18-29(30)34-31(36)17-23-11-9-22(3)10-12-23/h9-16,18-19,21,26H,4-8,17,20H2,1-3H3,(H,34,36)(H,37,38)/i20D2. The number of halogens is 1. The molecule has 2 N–H and O–H groups in total. The number of hydrogen-bond acceptors (Lipinski definition) is 3. The fraction of sp³-hybridized carbons (Fsp3) is 0.375. The number of amides is 1. The molecule has 0 atom stereocenters. The molecule has 4 rings (SSSR count). The van der Waals surface area contributed by atoms with Crippen molar-refractivity contribution < 1.29 is 21.8 Å². The third-order valence-corrected chi connectivity index (χ3v) is 6.88. The third-order valence-electron chi connectivity index (χ3n) is 6.88. The molecule has 0 spiro atoms. The van der Waals surface area contributed by atoms with E-state index in [1.54, 1.807) is 23.1 Å². The van der Waals surface area contributed by atoms with Crippen molar-refractivity contribution in [3.63, 3.8) is 0 Å². The Morgan fingerprint density at radius 3 is 2.42 bits per heavy atom. The molecule has 0 bridgehead atoms. The van der Waals surface area contributed by atoms with E-state index in [0.717, 1.165) is 49.3 Å². The molecule has 0 aromatic heterocycles. The van der Waals surface area contributed by atoms with Crippen LogP contribution in [0, 0.1) is 18.7 Å². The van der Waals surface area contributed by atoms with Gasteiger partial charge in [-0.05, 0) is 72.7 Å². The summed E-state index contributed by atoms with van der Waals surface area (Å²) < 4.78 is 32.4. The lowest BCUT2D eigenvalue weighted by Gasteiger charge is -2.38. The van der Waals surface area contributed by atoms with Gasteiger partial charge < -0.3 is 15.3 Å². The summed E-state index contributed by atoms with van der Waals surface area (Å²) in [6.45, 7) is 3.93. The molecule has 0 radical (unpaired) electrons. The van der Waals surface area contributed by atoms with Crippen LogP contribution >= 0.6 is 0 Å². The summed E-state index contributed by atoms with van der Waals surface area (Å²) in [5.74, 6) is -2.39. The van der Waals surface area contributed by atoms with Crippen LogP contribution in [0.3, 0.4) is 0 Å². The molecule has 1 aliphatic rings. The second kappa shape index (κ2) is 12.2. The van der Waals surface area contributed by atoms with Gasteiger partial charge in [-0.25, -0.2) is 9.18 Å². The van der Waals surface area contributed by atoms with Gasteiger partial charge >= 0.3 is 5.97 Å². The lowest BCUT2D eigenvalue weighted by atomic mass is 9.92. The van der Waals surface area contributed by atoms with Crippen molar-refractivity contribution in [1.82, 2.24) is 0 Å². The van der Waals surface area contributed by atoms with Gasteiger partial charge in [-0.3, -0.25) is 4.79 Å². The number of carboxylic acids is 1. The number of anilines is 2. The number of nitrogens with one attached hydrogen (secondary N) is 1. The highest BCUT2D eigenvalue weighted by molar-refractivity contribution is 5.99. The minimum atomic E-state index is -1.72. The van der Waals surface area contributed by atoms with Crippen LogP contribution < -0.4 is 10.2 Å². The van der Waals surface area contributed by atoms with E-state index in [-0.39, 0.29) is 35.4 Å². The van der Waals surface area contributed by atoms with Gasteiger partial charge in [0, 0.05) is 15.3 Å². The molecule has 1 saturated carbocycles. The zero-order valence-electron chi connectivity index (χ0n) is 24.3. The maximum Gasteiger partial charge on any atom is 0.336 e. The van der Waals surface area contributed by atoms with E-state index in [9.17, 15) is 19.1 Å². The average molecular weight is 519 g/mol. The molecular formula is C32H37FN2O3. The topological polar surface area (TPSA) is 69.6 Å². The summed E-state index contributed by atoms with van der Waals surface area (Å²) in [4.78, 5) is 27.0. The van der Waals surface area contributed by atoms with Gasteiger partial charge in [0.1, 0.15) is 5.82 Å². The van der Waals surface area contributed by atoms with Crippen LogP contribution in [0.5, 0.6) is 0 Å². The van der Waals surface area contributed by atoms with Gasteiger partial charge in [0.25, 0.3) is 0 Å². The first kappa shape index (κ1) is 24.7. The van der Waals surface area contributed by atoms with Crippen LogP contribution in [0.25, 0.3) is 11.1 Å². The molecule has 0 heterocycles. The first-order chi connectivity index (χ1) is 19.0. The Hall–Kier alpha value is -3.67. The van der Waals surface area contributed by atoms with Gasteiger partial charge in [0.15, 0.2) is 0 Å². The molecular weight excluding hydrogens is 479 g/mol. The average Bonchev–Trinajstić information content (AvgIpc) is 2.91. The smallest absolute Gasteiger partial charge is 0.336 e. The first-order valence-electron chi connectivity index (χ1n) is 14.3. The van der Waals surface area contributed by atoms with E-state index in [1.165, 1.54) is 12.1 Å². The second-order valence-corrected chi connectivity index (χ2v) is 10.4. The Morgan fingerprint density at radius 1 is 1.05 bits per heavy atom. The Bertz CT molecular complexity index is 1370. The van der Waals surface area contributed by atoms with Crippen molar-refractivity contribution in [3.05, 3.63) is 83.2 Å². The highest BCUT2D eigenvalue weighted by Gasteiger charge is 2.25. The summed E-state index contributed by atoms with van der Waals surface area (Å²) in [5.41, 5.74) is 3.35. The van der Waals surface area contributed by atoms with E-state index in [0.29, 0.717) is 16.9 Å². The van der Waals surface area contributed by atoms with Crippen molar-refractivity contribution in [2.75, 3.05) is 16.7 Å². The number of benzene rings is 3. The Morgan fingerprint density at radius 2 is 1.76 bits per heavy atom. The summed E-state index contributed by atoms with van der Waals surface area (Å²) >= 11 is 0. The number of nitrogens with zero attached hydrogens (tertiary/aromatic N) is 1. The molecule has 200 valence electrons. The number of aryl methyl sites for hydroxylation is 1. The Kier molecular flexibility index (Phi) is 7.95. The minimum absolute atomic E-state index is 0.0616. The maximum absolute atomic E-state index is 14.3. The molecule has 0 aliphatic heterocycles. The van der Waals surface area contributed by atoms with Crippen LogP contribution in [-0.4, -0.2) is 29.5 Å². The zero-order chi connectivity index (χ0) is 29.0.